The zero-order valence-electron chi connectivity index (χ0n) is 14.1. The molecule has 4 nitrogen and oxygen atoms in total. The number of fused-ring (bicyclic) bond motifs is 1. The molecule has 0 amide bonds. The highest BCUT2D eigenvalue weighted by Crippen LogP contribution is 2.26. The lowest BCUT2D eigenvalue weighted by atomic mass is 10.1. The highest BCUT2D eigenvalue weighted by atomic mass is 15.3. The Hall–Kier alpha value is -2.36. The standard InChI is InChI=1S/C19H24N4/c1-4-5-9-12-20-17-13-14(2)21-19-15(3)18(22-23(17)19)16-10-7-6-8-11-16/h6-8,10-11,13,20H,4-5,9,12H2,1-3H3. The van der Waals surface area contributed by atoms with Crippen molar-refractivity contribution in [3.8, 4) is 11.3 Å². The minimum atomic E-state index is 0.932. The number of benzene rings is 1. The summed E-state index contributed by atoms with van der Waals surface area (Å²) in [5.74, 6) is 1.02. The first-order chi connectivity index (χ1) is 11.2. The first-order valence-corrected chi connectivity index (χ1v) is 8.37. The van der Waals surface area contributed by atoms with Gasteiger partial charge in [0, 0.05) is 29.4 Å². The zero-order chi connectivity index (χ0) is 16.2. The molecule has 0 radical (unpaired) electrons. The van der Waals surface area contributed by atoms with Crippen molar-refractivity contribution in [1.82, 2.24) is 14.6 Å². The molecule has 0 saturated carbocycles. The van der Waals surface area contributed by atoms with E-state index < -0.39 is 0 Å². The summed E-state index contributed by atoms with van der Waals surface area (Å²) in [7, 11) is 0. The fraction of sp³-hybridized carbons (Fsp3) is 0.368. The highest BCUT2D eigenvalue weighted by molar-refractivity contribution is 5.71. The van der Waals surface area contributed by atoms with E-state index in [-0.39, 0.29) is 0 Å². The summed E-state index contributed by atoms with van der Waals surface area (Å²) in [6, 6.07) is 12.4. The summed E-state index contributed by atoms with van der Waals surface area (Å²) in [5, 5.41) is 8.33. The van der Waals surface area contributed by atoms with Crippen LogP contribution in [0.2, 0.25) is 0 Å². The Morgan fingerprint density at radius 1 is 1.09 bits per heavy atom. The molecule has 1 N–H and O–H groups in total. The van der Waals surface area contributed by atoms with Gasteiger partial charge in [0.1, 0.15) is 5.82 Å². The van der Waals surface area contributed by atoms with Crippen LogP contribution in [-0.4, -0.2) is 21.1 Å². The average molecular weight is 308 g/mol. The van der Waals surface area contributed by atoms with Crippen LogP contribution in [0.1, 0.15) is 37.4 Å². The van der Waals surface area contributed by atoms with Gasteiger partial charge in [0.2, 0.25) is 0 Å². The lowest BCUT2D eigenvalue weighted by molar-refractivity contribution is 0.739. The second-order valence-corrected chi connectivity index (χ2v) is 5.99. The van der Waals surface area contributed by atoms with Crippen LogP contribution in [0, 0.1) is 13.8 Å². The number of unbranched alkanes of at least 4 members (excludes halogenated alkanes) is 2. The van der Waals surface area contributed by atoms with E-state index in [2.05, 4.69) is 42.3 Å². The third kappa shape index (κ3) is 3.21. The topological polar surface area (TPSA) is 42.2 Å². The second-order valence-electron chi connectivity index (χ2n) is 5.99. The van der Waals surface area contributed by atoms with Crippen molar-refractivity contribution < 1.29 is 0 Å². The quantitative estimate of drug-likeness (QED) is 0.676. The fourth-order valence-electron chi connectivity index (χ4n) is 2.83. The third-order valence-electron chi connectivity index (χ3n) is 4.08. The Morgan fingerprint density at radius 2 is 1.87 bits per heavy atom. The third-order valence-corrected chi connectivity index (χ3v) is 4.08. The summed E-state index contributed by atoms with van der Waals surface area (Å²) >= 11 is 0. The monoisotopic (exact) mass is 308 g/mol. The molecule has 0 aliphatic heterocycles. The van der Waals surface area contributed by atoms with Crippen LogP contribution in [0.5, 0.6) is 0 Å². The van der Waals surface area contributed by atoms with Crippen LogP contribution in [0.25, 0.3) is 16.9 Å². The van der Waals surface area contributed by atoms with Crippen LogP contribution >= 0.6 is 0 Å². The molecule has 0 fully saturated rings. The Kier molecular flexibility index (Phi) is 4.60. The molecular formula is C19H24N4. The van der Waals surface area contributed by atoms with Crippen LogP contribution < -0.4 is 5.32 Å². The van der Waals surface area contributed by atoms with E-state index in [0.29, 0.717) is 0 Å². The van der Waals surface area contributed by atoms with Crippen molar-refractivity contribution in [2.75, 3.05) is 11.9 Å². The van der Waals surface area contributed by atoms with Gasteiger partial charge in [-0.25, -0.2) is 4.98 Å². The molecule has 4 heteroatoms. The minimum absolute atomic E-state index is 0.932. The summed E-state index contributed by atoms with van der Waals surface area (Å²) in [5.41, 5.74) is 5.20. The Balaban J connectivity index is 2.01. The van der Waals surface area contributed by atoms with Gasteiger partial charge in [0.25, 0.3) is 0 Å². The largest absolute Gasteiger partial charge is 0.370 e. The lowest BCUT2D eigenvalue weighted by Gasteiger charge is -2.09. The molecule has 2 heterocycles. The Morgan fingerprint density at radius 3 is 2.61 bits per heavy atom. The minimum Gasteiger partial charge on any atom is -0.370 e. The van der Waals surface area contributed by atoms with Crippen molar-refractivity contribution in [3.05, 3.63) is 47.7 Å². The smallest absolute Gasteiger partial charge is 0.161 e. The van der Waals surface area contributed by atoms with Gasteiger partial charge in [-0.15, -0.1) is 0 Å². The van der Waals surface area contributed by atoms with Crippen LogP contribution in [0.4, 0.5) is 5.82 Å². The van der Waals surface area contributed by atoms with E-state index in [9.17, 15) is 0 Å². The summed E-state index contributed by atoms with van der Waals surface area (Å²) in [6.45, 7) is 7.31. The molecule has 0 atom stereocenters. The van der Waals surface area contributed by atoms with Crippen molar-refractivity contribution in [1.29, 1.82) is 0 Å². The Labute approximate surface area is 137 Å². The predicted molar refractivity (Wildman–Crippen MR) is 95.9 cm³/mol. The van der Waals surface area contributed by atoms with Gasteiger partial charge >= 0.3 is 0 Å². The Bertz CT molecular complexity index is 790. The van der Waals surface area contributed by atoms with Gasteiger partial charge in [-0.3, -0.25) is 0 Å². The molecule has 0 bridgehead atoms. The average Bonchev–Trinajstić information content (AvgIpc) is 2.89. The number of hydrogen-bond acceptors (Lipinski definition) is 3. The van der Waals surface area contributed by atoms with E-state index in [1.165, 1.54) is 19.3 Å². The number of nitrogens with zero attached hydrogens (tertiary/aromatic N) is 3. The molecular weight excluding hydrogens is 284 g/mol. The van der Waals surface area contributed by atoms with Crippen molar-refractivity contribution in [2.45, 2.75) is 40.0 Å². The molecule has 0 saturated heterocycles. The van der Waals surface area contributed by atoms with E-state index in [1.807, 2.05) is 29.6 Å². The van der Waals surface area contributed by atoms with E-state index in [1.54, 1.807) is 0 Å². The van der Waals surface area contributed by atoms with Gasteiger partial charge in [-0.2, -0.15) is 9.61 Å². The van der Waals surface area contributed by atoms with Crippen LogP contribution in [0.3, 0.4) is 0 Å². The molecule has 0 spiro atoms. The van der Waals surface area contributed by atoms with E-state index >= 15 is 0 Å². The fourth-order valence-corrected chi connectivity index (χ4v) is 2.83. The molecule has 1 aromatic carbocycles. The molecule has 2 aromatic heterocycles. The van der Waals surface area contributed by atoms with Gasteiger partial charge in [-0.1, -0.05) is 50.1 Å². The maximum absolute atomic E-state index is 4.81. The summed E-state index contributed by atoms with van der Waals surface area (Å²) in [4.78, 5) is 4.69. The molecule has 3 aromatic rings. The molecule has 23 heavy (non-hydrogen) atoms. The normalized spacial score (nSPS) is 11.1. The second kappa shape index (κ2) is 6.82. The molecule has 3 rings (SSSR count). The van der Waals surface area contributed by atoms with E-state index in [4.69, 9.17) is 5.10 Å². The number of rotatable bonds is 6. The molecule has 0 aliphatic carbocycles. The van der Waals surface area contributed by atoms with Crippen molar-refractivity contribution in [2.24, 2.45) is 0 Å². The summed E-state index contributed by atoms with van der Waals surface area (Å²) in [6.07, 6.45) is 3.64. The summed E-state index contributed by atoms with van der Waals surface area (Å²) < 4.78 is 1.94. The van der Waals surface area contributed by atoms with Crippen LogP contribution in [-0.2, 0) is 0 Å². The van der Waals surface area contributed by atoms with Gasteiger partial charge in [0.15, 0.2) is 5.65 Å². The van der Waals surface area contributed by atoms with Gasteiger partial charge < -0.3 is 5.32 Å². The maximum Gasteiger partial charge on any atom is 0.161 e. The van der Waals surface area contributed by atoms with Crippen molar-refractivity contribution in [3.63, 3.8) is 0 Å². The van der Waals surface area contributed by atoms with Crippen LogP contribution in [0.15, 0.2) is 36.4 Å². The number of hydrogen-bond donors (Lipinski definition) is 1. The number of aromatic nitrogens is 3. The first-order valence-electron chi connectivity index (χ1n) is 8.37. The number of anilines is 1. The first kappa shape index (κ1) is 15.5. The number of aryl methyl sites for hydroxylation is 2. The maximum atomic E-state index is 4.81. The zero-order valence-corrected chi connectivity index (χ0v) is 14.1. The van der Waals surface area contributed by atoms with Gasteiger partial charge in [0.05, 0.1) is 5.69 Å². The lowest BCUT2D eigenvalue weighted by Crippen LogP contribution is -2.08. The highest BCUT2D eigenvalue weighted by Gasteiger charge is 2.14. The number of nitrogens with one attached hydrogen (secondary N) is 1. The molecule has 120 valence electrons. The van der Waals surface area contributed by atoms with E-state index in [0.717, 1.165) is 40.5 Å². The predicted octanol–water partition coefficient (Wildman–Crippen LogP) is 4.62. The van der Waals surface area contributed by atoms with Gasteiger partial charge in [-0.05, 0) is 20.3 Å². The molecule has 0 unspecified atom stereocenters. The SMILES string of the molecule is CCCCCNc1cc(C)nc2c(C)c(-c3ccccc3)nn12. The van der Waals surface area contributed by atoms with Crippen molar-refractivity contribution >= 4 is 11.5 Å². The molecule has 0 aliphatic rings.